The van der Waals surface area contributed by atoms with Crippen molar-refractivity contribution in [1.29, 1.82) is 0 Å². The topological polar surface area (TPSA) is 122 Å². The van der Waals surface area contributed by atoms with E-state index < -0.39 is 10.1 Å². The van der Waals surface area contributed by atoms with Crippen molar-refractivity contribution in [3.63, 3.8) is 0 Å². The van der Waals surface area contributed by atoms with Gasteiger partial charge in [0, 0.05) is 59.4 Å². The summed E-state index contributed by atoms with van der Waals surface area (Å²) in [6, 6.07) is 17.6. The van der Waals surface area contributed by atoms with Crippen molar-refractivity contribution in [2.75, 3.05) is 25.0 Å². The molecule has 0 spiro atoms. The number of hydrogen-bond acceptors (Lipinski definition) is 6. The van der Waals surface area contributed by atoms with Crippen LogP contribution in [0.25, 0.3) is 33.4 Å². The molecule has 1 heterocycles. The van der Waals surface area contributed by atoms with Gasteiger partial charge >= 0.3 is 0 Å². The molecule has 4 rings (SSSR count). The molecular weight excluding hydrogens is 426 g/mol. The molecule has 2 aliphatic rings. The van der Waals surface area contributed by atoms with Crippen LogP contribution in [0, 0.1) is 0 Å². The van der Waals surface area contributed by atoms with Gasteiger partial charge in [-0.15, -0.1) is 0 Å². The molecule has 7 nitrogen and oxygen atoms in total. The normalized spacial score (nSPS) is 12.5. The number of nitrogens with two attached hydrogens (primary N) is 1. The molecule has 2 aromatic carbocycles. The summed E-state index contributed by atoms with van der Waals surface area (Å²) in [4.78, 5) is 3.08. The summed E-state index contributed by atoms with van der Waals surface area (Å²) < 4.78 is 42.3. The Bertz CT molecular complexity index is 1410. The van der Waals surface area contributed by atoms with E-state index in [2.05, 4.69) is 17.2 Å². The van der Waals surface area contributed by atoms with E-state index in [1.165, 1.54) is 6.07 Å². The third-order valence-electron chi connectivity index (χ3n) is 5.20. The van der Waals surface area contributed by atoms with Gasteiger partial charge in [-0.2, -0.15) is 0 Å². The first-order valence-electron chi connectivity index (χ1n) is 10.5. The third-order valence-corrected chi connectivity index (χ3v) is 6.09. The highest BCUT2D eigenvalue weighted by molar-refractivity contribution is 7.85. The van der Waals surface area contributed by atoms with Crippen LogP contribution in [0.5, 0.6) is 0 Å². The molecule has 0 atom stereocenters. The number of fused-ring (bicyclic) bond motifs is 2. The first kappa shape index (κ1) is 22.0. The van der Waals surface area contributed by atoms with Crippen LogP contribution in [0.2, 0.25) is 0 Å². The second kappa shape index (κ2) is 9.12. The maximum Gasteiger partial charge on any atom is 0.202 e. The molecule has 2 aromatic rings. The Hall–Kier alpha value is -3.20. The van der Waals surface area contributed by atoms with Gasteiger partial charge < -0.3 is 20.0 Å². The van der Waals surface area contributed by atoms with E-state index in [4.69, 9.17) is 10.2 Å². The fraction of sp³-hybridized carbons (Fsp3) is 0.208. The van der Waals surface area contributed by atoms with Crippen LogP contribution in [0.3, 0.4) is 0 Å². The molecule has 0 saturated carbocycles. The fourth-order valence-electron chi connectivity index (χ4n) is 3.78. The van der Waals surface area contributed by atoms with E-state index in [9.17, 15) is 13.0 Å². The number of anilines is 1. The molecule has 4 N–H and O–H groups in total. The van der Waals surface area contributed by atoms with Crippen molar-refractivity contribution in [3.05, 3.63) is 66.0 Å². The highest BCUT2D eigenvalue weighted by Gasteiger charge is 2.21. The standard InChI is InChI=1S/C24H25N3O4S/c1-2-12-26-16-7-9-18-21(14-16)31-22-15-17(27-13-11-25)8-10-19(22)24(18)20-5-3-4-6-23(20)32(28,29)30/h3-10,14-15,27H,2,11-13,25H2,1H3,(H,28,29,30). The molecule has 0 saturated heterocycles. The molecule has 0 fully saturated rings. The predicted molar refractivity (Wildman–Crippen MR) is 123 cm³/mol. The van der Waals surface area contributed by atoms with Crippen molar-refractivity contribution in [2.24, 2.45) is 5.73 Å². The summed E-state index contributed by atoms with van der Waals surface area (Å²) in [6.45, 7) is 3.99. The van der Waals surface area contributed by atoms with Gasteiger partial charge in [0.05, 0.1) is 11.0 Å². The molecule has 0 aromatic heterocycles. The minimum Gasteiger partial charge on any atom is -0.744 e. The zero-order valence-corrected chi connectivity index (χ0v) is 18.5. The smallest absolute Gasteiger partial charge is 0.202 e. The van der Waals surface area contributed by atoms with Crippen LogP contribution in [0.4, 0.5) is 5.69 Å². The lowest BCUT2D eigenvalue weighted by molar-refractivity contribution is -0.500. The fourth-order valence-corrected chi connectivity index (χ4v) is 4.46. The van der Waals surface area contributed by atoms with E-state index >= 15 is 0 Å². The molecule has 0 unspecified atom stereocenters. The Morgan fingerprint density at radius 2 is 1.88 bits per heavy atom. The molecule has 0 radical (unpaired) electrons. The van der Waals surface area contributed by atoms with E-state index in [1.54, 1.807) is 18.2 Å². The van der Waals surface area contributed by atoms with Gasteiger partial charge in [-0.1, -0.05) is 25.1 Å². The van der Waals surface area contributed by atoms with Crippen LogP contribution < -0.4 is 21.4 Å². The van der Waals surface area contributed by atoms with Gasteiger partial charge in [0.15, 0.2) is 0 Å². The van der Waals surface area contributed by atoms with Gasteiger partial charge in [0.25, 0.3) is 0 Å². The maximum absolute atomic E-state index is 12.0. The van der Waals surface area contributed by atoms with Crippen molar-refractivity contribution in [2.45, 2.75) is 18.2 Å². The monoisotopic (exact) mass is 451 g/mol. The summed E-state index contributed by atoms with van der Waals surface area (Å²) in [5.74, 6) is 0.586. The SMILES string of the molecule is CCC[NH+]=c1ccc2c(-c3ccccc3S(=O)(=O)[O-])c3ccc(NCCN)cc3oc-2c1. The second-order valence-corrected chi connectivity index (χ2v) is 8.84. The van der Waals surface area contributed by atoms with Crippen LogP contribution in [-0.2, 0) is 10.1 Å². The Balaban J connectivity index is 2.08. The number of rotatable bonds is 7. The average Bonchev–Trinajstić information content (AvgIpc) is 2.79. The van der Waals surface area contributed by atoms with Crippen LogP contribution >= 0.6 is 0 Å². The quantitative estimate of drug-likeness (QED) is 0.291. The first-order chi connectivity index (χ1) is 15.4. The molecular formula is C24H25N3O4S. The molecule has 166 valence electrons. The van der Waals surface area contributed by atoms with Crippen molar-refractivity contribution < 1.29 is 22.4 Å². The van der Waals surface area contributed by atoms with Gasteiger partial charge in [-0.25, -0.2) is 13.4 Å². The van der Waals surface area contributed by atoms with E-state index in [0.717, 1.165) is 29.6 Å². The Labute approximate surface area is 186 Å². The van der Waals surface area contributed by atoms with E-state index in [-0.39, 0.29) is 4.90 Å². The highest BCUT2D eigenvalue weighted by Crippen LogP contribution is 2.42. The highest BCUT2D eigenvalue weighted by atomic mass is 32.2. The zero-order valence-electron chi connectivity index (χ0n) is 17.7. The summed E-state index contributed by atoms with van der Waals surface area (Å²) in [5, 5.41) is 4.83. The number of hydrogen-bond donors (Lipinski definition) is 3. The summed E-state index contributed by atoms with van der Waals surface area (Å²) >= 11 is 0. The third kappa shape index (κ3) is 4.38. The lowest BCUT2D eigenvalue weighted by Crippen LogP contribution is -2.76. The lowest BCUT2D eigenvalue weighted by atomic mass is 9.93. The average molecular weight is 452 g/mol. The molecule has 0 amide bonds. The Morgan fingerprint density at radius 1 is 1.06 bits per heavy atom. The largest absolute Gasteiger partial charge is 0.744 e. The van der Waals surface area contributed by atoms with Gasteiger partial charge in [0.1, 0.15) is 28.0 Å². The van der Waals surface area contributed by atoms with Crippen molar-refractivity contribution in [3.8, 4) is 22.5 Å². The molecule has 0 bridgehead atoms. The minimum atomic E-state index is -4.68. The summed E-state index contributed by atoms with van der Waals surface area (Å²) in [7, 11) is -4.68. The predicted octanol–water partition coefficient (Wildman–Crippen LogP) is 1.87. The zero-order chi connectivity index (χ0) is 22.7. The minimum absolute atomic E-state index is 0.257. The van der Waals surface area contributed by atoms with Crippen LogP contribution in [-0.4, -0.2) is 32.6 Å². The summed E-state index contributed by atoms with van der Waals surface area (Å²) in [6.07, 6.45) is 0.975. The Kier molecular flexibility index (Phi) is 6.27. The lowest BCUT2D eigenvalue weighted by Gasteiger charge is -2.19. The summed E-state index contributed by atoms with van der Waals surface area (Å²) in [5.41, 5.74) is 8.72. The first-order valence-corrected chi connectivity index (χ1v) is 11.9. The Morgan fingerprint density at radius 3 is 2.62 bits per heavy atom. The van der Waals surface area contributed by atoms with Crippen LogP contribution in [0.15, 0.2) is 70.0 Å². The molecule has 1 aliphatic carbocycles. The number of benzene rings is 3. The van der Waals surface area contributed by atoms with Crippen molar-refractivity contribution in [1.82, 2.24) is 0 Å². The van der Waals surface area contributed by atoms with Gasteiger partial charge in [-0.05, 0) is 24.3 Å². The number of nitrogens with one attached hydrogen (secondary N) is 2. The van der Waals surface area contributed by atoms with Crippen LogP contribution in [0.1, 0.15) is 13.3 Å². The van der Waals surface area contributed by atoms with Gasteiger partial charge in [0.2, 0.25) is 5.36 Å². The van der Waals surface area contributed by atoms with Crippen molar-refractivity contribution >= 4 is 26.8 Å². The van der Waals surface area contributed by atoms with E-state index in [1.807, 2.05) is 36.4 Å². The van der Waals surface area contributed by atoms with E-state index in [0.29, 0.717) is 40.9 Å². The maximum atomic E-state index is 12.0. The molecule has 8 heteroatoms. The molecule has 1 aliphatic heterocycles. The second-order valence-electron chi connectivity index (χ2n) is 7.49. The van der Waals surface area contributed by atoms with Gasteiger partial charge in [-0.3, -0.25) is 0 Å². The molecule has 32 heavy (non-hydrogen) atoms.